The monoisotopic (exact) mass is 423 g/mol. The Morgan fingerprint density at radius 2 is 1.97 bits per heavy atom. The molecular weight excluding hydrogens is 394 g/mol. The van der Waals surface area contributed by atoms with E-state index in [1.807, 2.05) is 59.7 Å². The van der Waals surface area contributed by atoms with Crippen LogP contribution < -0.4 is 0 Å². The van der Waals surface area contributed by atoms with Gasteiger partial charge in [-0.1, -0.05) is 31.2 Å². The fraction of sp³-hybridized carbons (Fsp3) is 0.417. The summed E-state index contributed by atoms with van der Waals surface area (Å²) in [6, 6.07) is 14.1. The van der Waals surface area contributed by atoms with Crippen molar-refractivity contribution in [3.63, 3.8) is 0 Å². The maximum atomic E-state index is 12.7. The molecule has 1 saturated heterocycles. The quantitative estimate of drug-likeness (QED) is 0.522. The van der Waals surface area contributed by atoms with Crippen LogP contribution in [0.2, 0.25) is 0 Å². The number of carbonyl (C=O) groups excluding carboxylic acids is 1. The number of piperidine rings is 1. The Hall–Kier alpha value is -2.44. The number of oxazole rings is 1. The number of benzene rings is 1. The molecule has 4 rings (SSSR count). The molecule has 1 aliphatic heterocycles. The molecule has 0 bridgehead atoms. The number of aromatic nitrogens is 1. The molecule has 0 atom stereocenters. The number of likely N-dealkylation sites (tertiary alicyclic amines) is 1. The van der Waals surface area contributed by atoms with E-state index >= 15 is 0 Å². The van der Waals surface area contributed by atoms with E-state index in [4.69, 9.17) is 9.40 Å². The lowest BCUT2D eigenvalue weighted by Crippen LogP contribution is -2.46. The van der Waals surface area contributed by atoms with Crippen LogP contribution in [0.1, 0.15) is 48.0 Å². The molecule has 3 aromatic rings. The second-order valence-electron chi connectivity index (χ2n) is 7.86. The molecule has 0 saturated carbocycles. The Morgan fingerprint density at radius 3 is 2.63 bits per heavy atom. The van der Waals surface area contributed by atoms with Crippen molar-refractivity contribution in [1.82, 2.24) is 14.8 Å². The molecule has 30 heavy (non-hydrogen) atoms. The third-order valence-corrected chi connectivity index (χ3v) is 6.63. The van der Waals surface area contributed by atoms with E-state index in [9.17, 15) is 4.79 Å². The molecule has 0 N–H and O–H groups in total. The van der Waals surface area contributed by atoms with Crippen molar-refractivity contribution in [1.29, 1.82) is 0 Å². The van der Waals surface area contributed by atoms with Crippen LogP contribution in [-0.2, 0) is 6.54 Å². The van der Waals surface area contributed by atoms with E-state index in [0.29, 0.717) is 6.04 Å². The van der Waals surface area contributed by atoms with E-state index in [-0.39, 0.29) is 5.91 Å². The number of rotatable bonds is 7. The lowest BCUT2D eigenvalue weighted by Gasteiger charge is -2.38. The molecule has 1 aromatic carbocycles. The Bertz CT molecular complexity index is 944. The first kappa shape index (κ1) is 20.8. The van der Waals surface area contributed by atoms with E-state index in [1.54, 1.807) is 11.3 Å². The SMILES string of the molecule is CCCN(Cc1nc(-c2cccs2)oc1C)C1CCN(C(=O)c2ccccc2)CC1. The minimum Gasteiger partial charge on any atom is -0.440 e. The van der Waals surface area contributed by atoms with Gasteiger partial charge in [0.1, 0.15) is 5.76 Å². The van der Waals surface area contributed by atoms with Gasteiger partial charge in [0.05, 0.1) is 10.6 Å². The molecule has 6 heteroatoms. The summed E-state index contributed by atoms with van der Waals surface area (Å²) < 4.78 is 5.94. The lowest BCUT2D eigenvalue weighted by molar-refractivity contribution is 0.0605. The summed E-state index contributed by atoms with van der Waals surface area (Å²) in [5.74, 6) is 1.76. The van der Waals surface area contributed by atoms with Crippen LogP contribution in [0.5, 0.6) is 0 Å². The minimum absolute atomic E-state index is 0.143. The van der Waals surface area contributed by atoms with Crippen molar-refractivity contribution >= 4 is 17.2 Å². The Morgan fingerprint density at radius 1 is 1.20 bits per heavy atom. The van der Waals surface area contributed by atoms with E-state index in [1.165, 1.54) is 0 Å². The van der Waals surface area contributed by atoms with Gasteiger partial charge < -0.3 is 9.32 Å². The van der Waals surface area contributed by atoms with Gasteiger partial charge in [-0.3, -0.25) is 9.69 Å². The molecule has 3 heterocycles. The van der Waals surface area contributed by atoms with Crippen LogP contribution in [0, 0.1) is 6.92 Å². The molecule has 0 radical (unpaired) electrons. The molecule has 0 aliphatic carbocycles. The minimum atomic E-state index is 0.143. The molecule has 0 spiro atoms. The van der Waals surface area contributed by atoms with Gasteiger partial charge in [-0.05, 0) is 56.3 Å². The molecule has 1 aliphatic rings. The summed E-state index contributed by atoms with van der Waals surface area (Å²) in [5.41, 5.74) is 1.80. The summed E-state index contributed by atoms with van der Waals surface area (Å²) in [4.78, 5) is 23.1. The van der Waals surface area contributed by atoms with Gasteiger partial charge in [0.25, 0.3) is 5.91 Å². The van der Waals surface area contributed by atoms with Gasteiger partial charge in [-0.2, -0.15) is 0 Å². The zero-order chi connectivity index (χ0) is 20.9. The van der Waals surface area contributed by atoms with Crippen LogP contribution in [0.15, 0.2) is 52.3 Å². The number of amides is 1. The number of hydrogen-bond donors (Lipinski definition) is 0. The van der Waals surface area contributed by atoms with Crippen LogP contribution in [0.4, 0.5) is 0 Å². The highest BCUT2D eigenvalue weighted by molar-refractivity contribution is 7.13. The van der Waals surface area contributed by atoms with Crippen molar-refractivity contribution in [3.05, 3.63) is 64.9 Å². The topological polar surface area (TPSA) is 49.6 Å². The van der Waals surface area contributed by atoms with Crippen molar-refractivity contribution < 1.29 is 9.21 Å². The summed E-state index contributed by atoms with van der Waals surface area (Å²) >= 11 is 1.65. The predicted octanol–water partition coefficient (Wildman–Crippen LogP) is 5.23. The normalized spacial score (nSPS) is 15.1. The first-order valence-electron chi connectivity index (χ1n) is 10.7. The maximum absolute atomic E-state index is 12.7. The first-order chi connectivity index (χ1) is 14.7. The van der Waals surface area contributed by atoms with Gasteiger partial charge in [0, 0.05) is 31.2 Å². The number of nitrogens with zero attached hydrogens (tertiary/aromatic N) is 3. The lowest BCUT2D eigenvalue weighted by atomic mass is 10.0. The largest absolute Gasteiger partial charge is 0.440 e. The van der Waals surface area contributed by atoms with Crippen molar-refractivity contribution in [2.45, 2.75) is 45.7 Å². The third kappa shape index (κ3) is 4.65. The van der Waals surface area contributed by atoms with Crippen molar-refractivity contribution in [2.24, 2.45) is 0 Å². The molecule has 2 aromatic heterocycles. The molecular formula is C24H29N3O2S. The Labute approximate surface area is 182 Å². The van der Waals surface area contributed by atoms with Crippen LogP contribution in [0.3, 0.4) is 0 Å². The summed E-state index contributed by atoms with van der Waals surface area (Å²) in [5, 5.41) is 2.04. The van der Waals surface area contributed by atoms with Crippen molar-refractivity contribution in [3.8, 4) is 10.8 Å². The molecule has 0 unspecified atom stereocenters. The molecule has 158 valence electrons. The zero-order valence-corrected chi connectivity index (χ0v) is 18.5. The molecule has 1 amide bonds. The van der Waals surface area contributed by atoms with Gasteiger partial charge in [0.2, 0.25) is 5.89 Å². The highest BCUT2D eigenvalue weighted by atomic mass is 32.1. The standard InChI is InChI=1S/C24H29N3O2S/c1-3-13-27(17-21-18(2)29-23(25-21)22-10-7-16-30-22)20-11-14-26(15-12-20)24(28)19-8-5-4-6-9-19/h4-10,16,20H,3,11-15,17H2,1-2H3. The van der Waals surface area contributed by atoms with Gasteiger partial charge >= 0.3 is 0 Å². The van der Waals surface area contributed by atoms with E-state index in [0.717, 1.165) is 73.2 Å². The second kappa shape index (κ2) is 9.58. The highest BCUT2D eigenvalue weighted by Crippen LogP contribution is 2.28. The summed E-state index contributed by atoms with van der Waals surface area (Å²) in [6.07, 6.45) is 3.08. The third-order valence-electron chi connectivity index (χ3n) is 5.78. The highest BCUT2D eigenvalue weighted by Gasteiger charge is 2.28. The molecule has 1 fully saturated rings. The Balaban J connectivity index is 1.40. The number of thiophene rings is 1. The van der Waals surface area contributed by atoms with Gasteiger partial charge in [-0.25, -0.2) is 4.98 Å². The zero-order valence-electron chi connectivity index (χ0n) is 17.7. The van der Waals surface area contributed by atoms with E-state index in [2.05, 4.69) is 11.8 Å². The van der Waals surface area contributed by atoms with Gasteiger partial charge in [-0.15, -0.1) is 11.3 Å². The number of carbonyl (C=O) groups is 1. The summed E-state index contributed by atoms with van der Waals surface area (Å²) in [7, 11) is 0. The van der Waals surface area contributed by atoms with E-state index < -0.39 is 0 Å². The fourth-order valence-corrected chi connectivity index (χ4v) is 4.80. The fourth-order valence-electron chi connectivity index (χ4n) is 4.15. The smallest absolute Gasteiger partial charge is 0.253 e. The van der Waals surface area contributed by atoms with Crippen LogP contribution in [0.25, 0.3) is 10.8 Å². The van der Waals surface area contributed by atoms with Crippen molar-refractivity contribution in [2.75, 3.05) is 19.6 Å². The van der Waals surface area contributed by atoms with Crippen LogP contribution in [-0.4, -0.2) is 46.4 Å². The second-order valence-corrected chi connectivity index (χ2v) is 8.81. The predicted molar refractivity (Wildman–Crippen MR) is 121 cm³/mol. The van der Waals surface area contributed by atoms with Gasteiger partial charge in [0.15, 0.2) is 0 Å². The average molecular weight is 424 g/mol. The molecule has 5 nitrogen and oxygen atoms in total. The first-order valence-corrected chi connectivity index (χ1v) is 11.6. The van der Waals surface area contributed by atoms with Crippen LogP contribution >= 0.6 is 11.3 Å². The average Bonchev–Trinajstić information content (AvgIpc) is 3.44. The summed E-state index contributed by atoms with van der Waals surface area (Å²) in [6.45, 7) is 7.65. The number of aryl methyl sites for hydroxylation is 1. The number of hydrogen-bond acceptors (Lipinski definition) is 5. The Kier molecular flexibility index (Phi) is 6.65. The maximum Gasteiger partial charge on any atom is 0.253 e.